The Balaban J connectivity index is 1.97. The van der Waals surface area contributed by atoms with Crippen LogP contribution in [0.2, 0.25) is 0 Å². The molecular weight excluding hydrogens is 415 g/mol. The summed E-state index contributed by atoms with van der Waals surface area (Å²) in [4.78, 5) is -0.576. The highest BCUT2D eigenvalue weighted by molar-refractivity contribution is 7.92. The van der Waals surface area contributed by atoms with E-state index in [1.165, 1.54) is 6.07 Å². The van der Waals surface area contributed by atoms with Crippen LogP contribution in [0.3, 0.4) is 0 Å². The summed E-state index contributed by atoms with van der Waals surface area (Å²) in [5.74, 6) is -1.06. The van der Waals surface area contributed by atoms with Crippen molar-refractivity contribution in [1.29, 1.82) is 0 Å². The SMILES string of the molecule is CS(=O)(=O)Nc1ccc(S(=O)(=O)NC(c2ccccc2)c2ccccc2)c(F)c1. The minimum atomic E-state index is -4.25. The second kappa shape index (κ2) is 8.32. The highest BCUT2D eigenvalue weighted by Gasteiger charge is 2.25. The Morgan fingerprint density at radius 2 is 1.31 bits per heavy atom. The summed E-state index contributed by atoms with van der Waals surface area (Å²) in [7, 11) is -7.86. The van der Waals surface area contributed by atoms with Crippen LogP contribution in [0.5, 0.6) is 0 Å². The highest BCUT2D eigenvalue weighted by atomic mass is 32.2. The second-order valence-electron chi connectivity index (χ2n) is 6.40. The monoisotopic (exact) mass is 434 g/mol. The molecule has 3 rings (SSSR count). The highest BCUT2D eigenvalue weighted by Crippen LogP contribution is 2.26. The van der Waals surface area contributed by atoms with E-state index in [2.05, 4.69) is 9.44 Å². The van der Waals surface area contributed by atoms with Crippen molar-refractivity contribution in [3.05, 3.63) is 95.8 Å². The molecule has 0 amide bonds. The molecule has 0 saturated heterocycles. The van der Waals surface area contributed by atoms with Crippen molar-refractivity contribution in [2.45, 2.75) is 10.9 Å². The Hall–Kier alpha value is -2.75. The number of anilines is 1. The molecule has 0 aliphatic carbocycles. The lowest BCUT2D eigenvalue weighted by Crippen LogP contribution is -2.30. The third-order valence-corrected chi connectivity index (χ3v) is 6.13. The van der Waals surface area contributed by atoms with Gasteiger partial charge in [0.25, 0.3) is 0 Å². The molecule has 0 radical (unpaired) electrons. The molecule has 0 atom stereocenters. The third-order valence-electron chi connectivity index (χ3n) is 4.06. The number of nitrogens with one attached hydrogen (secondary N) is 2. The van der Waals surface area contributed by atoms with Gasteiger partial charge in [-0.25, -0.2) is 21.2 Å². The standard InChI is InChI=1S/C20H19FN2O4S2/c1-28(24,25)22-17-12-13-19(18(21)14-17)29(26,27)23-20(15-8-4-2-5-9-15)16-10-6-3-7-11-16/h2-14,20,22-23H,1H3. The molecule has 0 bridgehead atoms. The summed E-state index contributed by atoms with van der Waals surface area (Å²) in [6, 6.07) is 20.2. The summed E-state index contributed by atoms with van der Waals surface area (Å²) in [5, 5.41) is 0. The van der Waals surface area contributed by atoms with Gasteiger partial charge in [-0.1, -0.05) is 60.7 Å². The molecule has 0 saturated carbocycles. The van der Waals surface area contributed by atoms with Crippen LogP contribution < -0.4 is 9.44 Å². The molecule has 0 aromatic heterocycles. The lowest BCUT2D eigenvalue weighted by molar-refractivity contribution is 0.551. The number of hydrogen-bond acceptors (Lipinski definition) is 4. The van der Waals surface area contributed by atoms with Crippen LogP contribution in [0.4, 0.5) is 10.1 Å². The van der Waals surface area contributed by atoms with E-state index >= 15 is 0 Å². The second-order valence-corrected chi connectivity index (χ2v) is 9.83. The van der Waals surface area contributed by atoms with E-state index in [1.54, 1.807) is 48.5 Å². The topological polar surface area (TPSA) is 92.3 Å². The first kappa shape index (κ1) is 21.0. The Kier molecular flexibility index (Phi) is 6.02. The van der Waals surface area contributed by atoms with Gasteiger partial charge in [0.15, 0.2) is 0 Å². The zero-order chi connectivity index (χ0) is 21.1. The van der Waals surface area contributed by atoms with Crippen LogP contribution in [-0.4, -0.2) is 23.1 Å². The molecule has 3 aromatic rings. The molecule has 0 fully saturated rings. The largest absolute Gasteiger partial charge is 0.284 e. The summed E-state index contributed by atoms with van der Waals surface area (Å²) in [5.41, 5.74) is 1.32. The van der Waals surface area contributed by atoms with Gasteiger partial charge in [-0.15, -0.1) is 0 Å². The maximum absolute atomic E-state index is 14.5. The molecule has 0 unspecified atom stereocenters. The number of halogens is 1. The Morgan fingerprint density at radius 1 is 0.793 bits per heavy atom. The predicted molar refractivity (Wildman–Crippen MR) is 110 cm³/mol. The van der Waals surface area contributed by atoms with Gasteiger partial charge in [0, 0.05) is 0 Å². The summed E-state index contributed by atoms with van der Waals surface area (Å²) >= 11 is 0. The summed E-state index contributed by atoms with van der Waals surface area (Å²) < 4.78 is 67.6. The van der Waals surface area contributed by atoms with E-state index in [1.807, 2.05) is 12.1 Å². The summed E-state index contributed by atoms with van der Waals surface area (Å²) in [6.07, 6.45) is 0.918. The zero-order valence-electron chi connectivity index (χ0n) is 15.4. The van der Waals surface area contributed by atoms with Crippen molar-refractivity contribution in [3.63, 3.8) is 0 Å². The lowest BCUT2D eigenvalue weighted by atomic mass is 10.00. The van der Waals surface area contributed by atoms with E-state index in [9.17, 15) is 21.2 Å². The fourth-order valence-corrected chi connectivity index (χ4v) is 4.66. The molecule has 0 heterocycles. The minimum absolute atomic E-state index is 0.0633. The van der Waals surface area contributed by atoms with E-state index < -0.39 is 36.8 Å². The Labute approximate surface area is 169 Å². The minimum Gasteiger partial charge on any atom is -0.284 e. The first-order valence-electron chi connectivity index (χ1n) is 8.55. The lowest BCUT2D eigenvalue weighted by Gasteiger charge is -2.20. The average molecular weight is 435 g/mol. The average Bonchev–Trinajstić information content (AvgIpc) is 2.66. The number of sulfonamides is 2. The number of benzene rings is 3. The molecule has 6 nitrogen and oxygen atoms in total. The Morgan fingerprint density at radius 3 is 1.76 bits per heavy atom. The van der Waals surface area contributed by atoms with Gasteiger partial charge < -0.3 is 0 Å². The van der Waals surface area contributed by atoms with Crippen LogP contribution in [0.1, 0.15) is 17.2 Å². The van der Waals surface area contributed by atoms with Crippen LogP contribution in [-0.2, 0) is 20.0 Å². The van der Waals surface area contributed by atoms with E-state index in [4.69, 9.17) is 0 Å². The molecule has 9 heteroatoms. The van der Waals surface area contributed by atoms with E-state index in [0.29, 0.717) is 11.1 Å². The van der Waals surface area contributed by atoms with Crippen LogP contribution in [0, 0.1) is 5.82 Å². The molecule has 0 aliphatic heterocycles. The summed E-state index contributed by atoms with van der Waals surface area (Å²) in [6.45, 7) is 0. The van der Waals surface area contributed by atoms with Gasteiger partial charge in [0.05, 0.1) is 18.0 Å². The van der Waals surface area contributed by atoms with Gasteiger partial charge in [0.1, 0.15) is 10.7 Å². The molecular formula is C20H19FN2O4S2. The van der Waals surface area contributed by atoms with Gasteiger partial charge in [-0.05, 0) is 29.3 Å². The fourth-order valence-electron chi connectivity index (χ4n) is 2.83. The van der Waals surface area contributed by atoms with Crippen molar-refractivity contribution in [2.75, 3.05) is 11.0 Å². The smallest absolute Gasteiger partial charge is 0.244 e. The van der Waals surface area contributed by atoms with Gasteiger partial charge in [-0.3, -0.25) is 4.72 Å². The molecule has 0 aliphatic rings. The van der Waals surface area contributed by atoms with Gasteiger partial charge >= 0.3 is 0 Å². The van der Waals surface area contributed by atoms with Crippen molar-refractivity contribution in [2.24, 2.45) is 0 Å². The van der Waals surface area contributed by atoms with Crippen molar-refractivity contribution in [3.8, 4) is 0 Å². The van der Waals surface area contributed by atoms with Crippen LogP contribution in [0.15, 0.2) is 83.8 Å². The molecule has 152 valence electrons. The first-order valence-corrected chi connectivity index (χ1v) is 11.9. The van der Waals surface area contributed by atoms with E-state index in [0.717, 1.165) is 18.4 Å². The zero-order valence-corrected chi connectivity index (χ0v) is 17.0. The fraction of sp³-hybridized carbons (Fsp3) is 0.100. The van der Waals surface area contributed by atoms with Crippen LogP contribution in [0.25, 0.3) is 0 Å². The van der Waals surface area contributed by atoms with Gasteiger partial charge in [0.2, 0.25) is 20.0 Å². The molecule has 0 spiro atoms. The molecule has 2 N–H and O–H groups in total. The van der Waals surface area contributed by atoms with E-state index in [-0.39, 0.29) is 5.69 Å². The maximum atomic E-state index is 14.5. The number of rotatable bonds is 7. The van der Waals surface area contributed by atoms with Crippen molar-refractivity contribution < 1.29 is 21.2 Å². The quantitative estimate of drug-likeness (QED) is 0.597. The van der Waals surface area contributed by atoms with Crippen molar-refractivity contribution in [1.82, 2.24) is 4.72 Å². The predicted octanol–water partition coefficient (Wildman–Crippen LogP) is 3.27. The molecule has 3 aromatic carbocycles. The maximum Gasteiger partial charge on any atom is 0.244 e. The van der Waals surface area contributed by atoms with Crippen molar-refractivity contribution >= 4 is 25.7 Å². The number of hydrogen-bond donors (Lipinski definition) is 2. The van der Waals surface area contributed by atoms with Gasteiger partial charge in [-0.2, -0.15) is 4.72 Å². The molecule has 29 heavy (non-hydrogen) atoms. The van der Waals surface area contributed by atoms with Crippen LogP contribution >= 0.6 is 0 Å². The third kappa shape index (κ3) is 5.41. The Bertz CT molecular complexity index is 1160. The normalized spacial score (nSPS) is 12.1. The first-order chi connectivity index (χ1) is 13.7.